The third-order valence-corrected chi connectivity index (χ3v) is 5.11. The lowest BCUT2D eigenvalue weighted by molar-refractivity contribution is -0.115. The van der Waals surface area contributed by atoms with Gasteiger partial charge < -0.3 is 15.3 Å². The summed E-state index contributed by atoms with van der Waals surface area (Å²) in [5.41, 5.74) is 1.77. The van der Waals surface area contributed by atoms with E-state index in [9.17, 15) is 14.7 Å². The highest BCUT2D eigenvalue weighted by Crippen LogP contribution is 2.44. The number of rotatable bonds is 9. The zero-order valence-electron chi connectivity index (χ0n) is 14.9. The monoisotopic (exact) mass is 415 g/mol. The van der Waals surface area contributed by atoms with Crippen LogP contribution in [0.1, 0.15) is 16.8 Å². The fraction of sp³-hybridized carbons (Fsp3) is 0.150. The minimum Gasteiger partial charge on any atom is -0.478 e. The van der Waals surface area contributed by atoms with Crippen LogP contribution in [-0.4, -0.2) is 30.1 Å². The summed E-state index contributed by atoms with van der Waals surface area (Å²) >= 11 is 7.24. The van der Waals surface area contributed by atoms with E-state index in [0.29, 0.717) is 24.2 Å². The molecule has 28 heavy (non-hydrogen) atoms. The van der Waals surface area contributed by atoms with Gasteiger partial charge in [-0.15, -0.1) is 24.5 Å². The molecule has 2 N–H and O–H groups in total. The number of anilines is 2. The molecule has 0 fully saturated rings. The summed E-state index contributed by atoms with van der Waals surface area (Å²) in [7, 11) is 0. The number of thiophene rings is 1. The number of carboxylic acid groups (broad SMARTS) is 1. The summed E-state index contributed by atoms with van der Waals surface area (Å²) in [6, 6.07) is 8.98. The van der Waals surface area contributed by atoms with Crippen molar-refractivity contribution in [2.45, 2.75) is 6.42 Å². The molecule has 2 aromatic rings. The number of carbonyl (C=O) groups excluding carboxylic acids is 1. The first kappa shape index (κ1) is 21.2. The molecular formula is C20H18ClN3O3S. The highest BCUT2D eigenvalue weighted by atomic mass is 35.5. The van der Waals surface area contributed by atoms with Crippen LogP contribution in [-0.2, 0) is 4.79 Å². The van der Waals surface area contributed by atoms with E-state index in [1.165, 1.54) is 0 Å². The molecule has 0 aliphatic carbocycles. The summed E-state index contributed by atoms with van der Waals surface area (Å²) in [6.07, 6.45) is 3.19. The number of benzene rings is 1. The van der Waals surface area contributed by atoms with Crippen LogP contribution in [0, 0.1) is 11.3 Å². The van der Waals surface area contributed by atoms with E-state index in [0.717, 1.165) is 17.0 Å². The van der Waals surface area contributed by atoms with Gasteiger partial charge in [0.05, 0.1) is 6.07 Å². The van der Waals surface area contributed by atoms with Crippen molar-refractivity contribution < 1.29 is 14.7 Å². The van der Waals surface area contributed by atoms with Gasteiger partial charge >= 0.3 is 5.97 Å². The van der Waals surface area contributed by atoms with Crippen molar-refractivity contribution >= 4 is 45.5 Å². The van der Waals surface area contributed by atoms with Gasteiger partial charge in [-0.2, -0.15) is 5.26 Å². The summed E-state index contributed by atoms with van der Waals surface area (Å²) in [5, 5.41) is 20.8. The highest BCUT2D eigenvalue weighted by Gasteiger charge is 2.25. The molecular weight excluding hydrogens is 398 g/mol. The Labute approximate surface area is 172 Å². The van der Waals surface area contributed by atoms with Gasteiger partial charge in [-0.05, 0) is 17.7 Å². The van der Waals surface area contributed by atoms with Gasteiger partial charge in [-0.3, -0.25) is 4.79 Å². The Morgan fingerprint density at radius 2 is 1.86 bits per heavy atom. The van der Waals surface area contributed by atoms with Crippen molar-refractivity contribution in [1.82, 2.24) is 0 Å². The number of carbonyl (C=O) groups is 2. The van der Waals surface area contributed by atoms with E-state index >= 15 is 0 Å². The summed E-state index contributed by atoms with van der Waals surface area (Å²) in [5.74, 6) is -1.80. The third kappa shape index (κ3) is 4.80. The lowest BCUT2D eigenvalue weighted by atomic mass is 10.0. The Morgan fingerprint density at radius 3 is 2.36 bits per heavy atom. The van der Waals surface area contributed by atoms with Crippen LogP contribution in [0.2, 0.25) is 4.34 Å². The zero-order chi connectivity index (χ0) is 20.7. The number of halogens is 1. The zero-order valence-corrected chi connectivity index (χ0v) is 16.5. The Kier molecular flexibility index (Phi) is 7.38. The molecule has 0 aliphatic rings. The molecule has 6 nitrogen and oxygen atoms in total. The van der Waals surface area contributed by atoms with Crippen molar-refractivity contribution in [1.29, 1.82) is 5.26 Å². The van der Waals surface area contributed by atoms with E-state index in [1.54, 1.807) is 30.4 Å². The SMILES string of the molecule is C=CCN(CC=C)c1ccc(-c2c(Cl)sc(NC(=O)CC#N)c2C(=O)O)cc1. The topological polar surface area (TPSA) is 93.4 Å². The first-order valence-corrected chi connectivity index (χ1v) is 9.41. The third-order valence-electron chi connectivity index (χ3n) is 3.79. The van der Waals surface area contributed by atoms with Gasteiger partial charge in [0.2, 0.25) is 5.91 Å². The van der Waals surface area contributed by atoms with Crippen molar-refractivity contribution in [3.8, 4) is 17.2 Å². The fourth-order valence-electron chi connectivity index (χ4n) is 2.63. The molecule has 0 radical (unpaired) electrons. The minimum absolute atomic E-state index is 0.0944. The Hall–Kier alpha value is -3.08. The first-order valence-electron chi connectivity index (χ1n) is 8.22. The number of amides is 1. The first-order chi connectivity index (χ1) is 13.4. The van der Waals surface area contributed by atoms with Gasteiger partial charge in [0.25, 0.3) is 0 Å². The van der Waals surface area contributed by atoms with Crippen LogP contribution in [0.15, 0.2) is 49.6 Å². The molecule has 8 heteroatoms. The molecule has 0 unspecified atom stereocenters. The summed E-state index contributed by atoms with van der Waals surface area (Å²) in [4.78, 5) is 25.6. The summed E-state index contributed by atoms with van der Waals surface area (Å²) in [6.45, 7) is 8.77. The number of aromatic carboxylic acids is 1. The molecule has 0 saturated heterocycles. The second-order valence-electron chi connectivity index (χ2n) is 5.67. The maximum Gasteiger partial charge on any atom is 0.339 e. The second kappa shape index (κ2) is 9.74. The largest absolute Gasteiger partial charge is 0.478 e. The van der Waals surface area contributed by atoms with Crippen molar-refractivity contribution in [2.24, 2.45) is 0 Å². The van der Waals surface area contributed by atoms with Crippen LogP contribution >= 0.6 is 22.9 Å². The lowest BCUT2D eigenvalue weighted by Crippen LogP contribution is -2.22. The molecule has 0 bridgehead atoms. The molecule has 1 aromatic carbocycles. The highest BCUT2D eigenvalue weighted by molar-refractivity contribution is 7.21. The molecule has 144 valence electrons. The number of nitrogens with zero attached hydrogens (tertiary/aromatic N) is 2. The van der Waals surface area contributed by atoms with Gasteiger partial charge in [0.15, 0.2) is 0 Å². The van der Waals surface area contributed by atoms with Crippen LogP contribution in [0.4, 0.5) is 10.7 Å². The predicted molar refractivity (Wildman–Crippen MR) is 113 cm³/mol. The van der Waals surface area contributed by atoms with Crippen molar-refractivity contribution in [2.75, 3.05) is 23.3 Å². The van der Waals surface area contributed by atoms with E-state index in [1.807, 2.05) is 17.0 Å². The minimum atomic E-state index is -1.21. The number of hydrogen-bond acceptors (Lipinski definition) is 5. The second-order valence-corrected chi connectivity index (χ2v) is 7.30. The number of nitrogens with one attached hydrogen (secondary N) is 1. The number of nitriles is 1. The molecule has 0 saturated carbocycles. The Bertz CT molecular complexity index is 935. The van der Waals surface area contributed by atoms with Gasteiger partial charge in [-0.25, -0.2) is 4.79 Å². The molecule has 1 aromatic heterocycles. The van der Waals surface area contributed by atoms with Crippen LogP contribution in [0.25, 0.3) is 11.1 Å². The standard InChI is InChI=1S/C20H18ClN3O3S/c1-3-11-24(12-4-2)14-7-5-13(6-8-14)16-17(20(26)27)19(28-18(16)21)23-15(25)9-10-22/h3-8H,1-2,9,11-12H2,(H,23,25)(H,26,27). The van der Waals surface area contributed by atoms with Crippen molar-refractivity contribution in [3.05, 3.63) is 59.5 Å². The van der Waals surface area contributed by atoms with Crippen molar-refractivity contribution in [3.63, 3.8) is 0 Å². The average molecular weight is 416 g/mol. The van der Waals surface area contributed by atoms with E-state index in [2.05, 4.69) is 18.5 Å². The maximum absolute atomic E-state index is 11.8. The number of hydrogen-bond donors (Lipinski definition) is 2. The average Bonchev–Trinajstić information content (AvgIpc) is 2.97. The van der Waals surface area contributed by atoms with E-state index in [-0.39, 0.29) is 21.3 Å². The van der Waals surface area contributed by atoms with Gasteiger partial charge in [-0.1, -0.05) is 35.9 Å². The smallest absolute Gasteiger partial charge is 0.339 e. The lowest BCUT2D eigenvalue weighted by Gasteiger charge is -2.21. The molecule has 0 atom stereocenters. The Balaban J connectivity index is 2.44. The molecule has 0 aliphatic heterocycles. The van der Waals surface area contributed by atoms with Crippen LogP contribution in [0.5, 0.6) is 0 Å². The van der Waals surface area contributed by atoms with Crippen LogP contribution in [0.3, 0.4) is 0 Å². The quantitative estimate of drug-likeness (QED) is 0.574. The van der Waals surface area contributed by atoms with E-state index < -0.39 is 11.9 Å². The molecule has 2 rings (SSSR count). The molecule has 0 spiro atoms. The summed E-state index contributed by atoms with van der Waals surface area (Å²) < 4.78 is 0.242. The van der Waals surface area contributed by atoms with Gasteiger partial charge in [0, 0.05) is 24.3 Å². The maximum atomic E-state index is 11.8. The molecule has 1 amide bonds. The van der Waals surface area contributed by atoms with E-state index in [4.69, 9.17) is 16.9 Å². The normalized spacial score (nSPS) is 10.0. The van der Waals surface area contributed by atoms with Gasteiger partial charge in [0.1, 0.15) is 21.3 Å². The Morgan fingerprint density at radius 1 is 1.25 bits per heavy atom. The predicted octanol–water partition coefficient (Wildman–Crippen LogP) is 4.80. The molecule has 1 heterocycles. The van der Waals surface area contributed by atoms with Crippen LogP contribution < -0.4 is 10.2 Å². The fourth-order valence-corrected chi connectivity index (χ4v) is 4.02. The number of carboxylic acids is 1.